The van der Waals surface area contributed by atoms with Gasteiger partial charge in [0.15, 0.2) is 5.78 Å². The molecule has 0 radical (unpaired) electrons. The lowest BCUT2D eigenvalue weighted by Crippen LogP contribution is -2.12. The second-order valence-electron chi connectivity index (χ2n) is 4.97. The average molecular weight is 252 g/mol. The van der Waals surface area contributed by atoms with Gasteiger partial charge in [-0.1, -0.05) is 49.7 Å². The van der Waals surface area contributed by atoms with Gasteiger partial charge in [0.25, 0.3) is 0 Å². The molecule has 96 valence electrons. The van der Waals surface area contributed by atoms with Crippen molar-refractivity contribution in [2.75, 3.05) is 0 Å². The summed E-state index contributed by atoms with van der Waals surface area (Å²) in [6.45, 7) is 2.08. The van der Waals surface area contributed by atoms with Crippen LogP contribution in [0, 0.1) is 0 Å². The summed E-state index contributed by atoms with van der Waals surface area (Å²) in [4.78, 5) is 12.5. The Kier molecular flexibility index (Phi) is 2.86. The molecule has 2 aromatic rings. The van der Waals surface area contributed by atoms with Crippen molar-refractivity contribution in [1.29, 1.82) is 0 Å². The zero-order chi connectivity index (χ0) is 13.4. The number of hydrogen-bond acceptors (Lipinski definition) is 2. The van der Waals surface area contributed by atoms with Crippen molar-refractivity contribution in [3.63, 3.8) is 0 Å². The first-order valence-corrected chi connectivity index (χ1v) is 6.73. The number of carbonyl (C=O) groups is 1. The third-order valence-electron chi connectivity index (χ3n) is 3.74. The van der Waals surface area contributed by atoms with Crippen LogP contribution in [-0.4, -0.2) is 10.9 Å². The molecule has 0 aliphatic heterocycles. The van der Waals surface area contributed by atoms with Crippen molar-refractivity contribution in [2.24, 2.45) is 0 Å². The molecule has 0 atom stereocenters. The monoisotopic (exact) mass is 252 g/mol. The van der Waals surface area contributed by atoms with Crippen LogP contribution in [0.25, 0.3) is 16.5 Å². The van der Waals surface area contributed by atoms with E-state index >= 15 is 0 Å². The van der Waals surface area contributed by atoms with Crippen molar-refractivity contribution in [3.05, 3.63) is 53.1 Å². The minimum Gasteiger partial charge on any atom is -0.507 e. The van der Waals surface area contributed by atoms with Crippen molar-refractivity contribution in [2.45, 2.75) is 26.2 Å². The van der Waals surface area contributed by atoms with Gasteiger partial charge in [0.05, 0.1) is 0 Å². The molecule has 2 aromatic carbocycles. The molecule has 0 saturated carbocycles. The summed E-state index contributed by atoms with van der Waals surface area (Å²) in [6, 6.07) is 11.5. The lowest BCUT2D eigenvalue weighted by atomic mass is 9.85. The van der Waals surface area contributed by atoms with E-state index in [4.69, 9.17) is 0 Å². The van der Waals surface area contributed by atoms with Gasteiger partial charge in [0, 0.05) is 22.1 Å². The molecule has 2 heteroatoms. The first-order valence-electron chi connectivity index (χ1n) is 6.73. The summed E-state index contributed by atoms with van der Waals surface area (Å²) in [5.74, 6) is 0.151. The molecule has 0 unspecified atom stereocenters. The van der Waals surface area contributed by atoms with Crippen molar-refractivity contribution in [3.8, 4) is 0 Å². The van der Waals surface area contributed by atoms with Crippen LogP contribution >= 0.6 is 0 Å². The molecule has 0 bridgehead atoms. The second-order valence-corrected chi connectivity index (χ2v) is 4.97. The van der Waals surface area contributed by atoms with E-state index in [2.05, 4.69) is 6.92 Å². The summed E-state index contributed by atoms with van der Waals surface area (Å²) < 4.78 is 0. The number of allylic oxidation sites excluding steroid dienone is 1. The number of hydrogen-bond donors (Lipinski definition) is 1. The number of carbonyl (C=O) groups excluding carboxylic acids is 1. The highest BCUT2D eigenvalue weighted by atomic mass is 16.3. The lowest BCUT2D eigenvalue weighted by molar-refractivity contribution is 0.102. The minimum atomic E-state index is -0.0183. The Labute approximate surface area is 112 Å². The molecular formula is C17H16O2. The third-order valence-corrected chi connectivity index (χ3v) is 3.74. The molecule has 0 heterocycles. The fourth-order valence-corrected chi connectivity index (χ4v) is 2.75. The van der Waals surface area contributed by atoms with Crippen LogP contribution in [0.4, 0.5) is 0 Å². The highest BCUT2D eigenvalue weighted by Gasteiger charge is 2.26. The van der Waals surface area contributed by atoms with Gasteiger partial charge in [-0.3, -0.25) is 4.79 Å². The van der Waals surface area contributed by atoms with E-state index in [1.165, 1.54) is 0 Å². The highest BCUT2D eigenvalue weighted by Crippen LogP contribution is 2.36. The molecule has 3 rings (SSSR count). The zero-order valence-corrected chi connectivity index (χ0v) is 10.9. The predicted molar refractivity (Wildman–Crippen MR) is 77.4 cm³/mol. The van der Waals surface area contributed by atoms with E-state index in [-0.39, 0.29) is 11.5 Å². The normalized spacial score (nSPS) is 14.3. The molecule has 0 spiro atoms. The summed E-state index contributed by atoms with van der Waals surface area (Å²) in [7, 11) is 0. The van der Waals surface area contributed by atoms with Gasteiger partial charge >= 0.3 is 0 Å². The van der Waals surface area contributed by atoms with Crippen LogP contribution in [0.5, 0.6) is 0 Å². The number of Topliss-reactive ketones (excluding diaryl/α,β-unsaturated/α-hetero) is 1. The Morgan fingerprint density at radius 1 is 1.05 bits per heavy atom. The fraction of sp³-hybridized carbons (Fsp3) is 0.235. The Bertz CT molecular complexity index is 690. The molecule has 2 nitrogen and oxygen atoms in total. The first kappa shape index (κ1) is 12.0. The number of rotatable bonds is 3. The van der Waals surface area contributed by atoms with Gasteiger partial charge in [-0.05, 0) is 18.2 Å². The Hall–Kier alpha value is -2.09. The van der Waals surface area contributed by atoms with Crippen LogP contribution < -0.4 is 0 Å². The minimum absolute atomic E-state index is 0.0183. The van der Waals surface area contributed by atoms with Gasteiger partial charge in [-0.25, -0.2) is 0 Å². The molecular weight excluding hydrogens is 236 g/mol. The number of aliphatic hydroxyl groups excluding tert-OH is 1. The topological polar surface area (TPSA) is 37.3 Å². The molecule has 19 heavy (non-hydrogen) atoms. The van der Waals surface area contributed by atoms with Crippen LogP contribution in [0.1, 0.15) is 42.1 Å². The maximum Gasteiger partial charge on any atom is 0.193 e. The molecule has 0 amide bonds. The van der Waals surface area contributed by atoms with Crippen molar-refractivity contribution >= 4 is 22.3 Å². The predicted octanol–water partition coefficient (Wildman–Crippen LogP) is 4.50. The molecule has 1 aliphatic carbocycles. The van der Waals surface area contributed by atoms with Crippen LogP contribution in [-0.2, 0) is 0 Å². The van der Waals surface area contributed by atoms with E-state index in [1.54, 1.807) is 0 Å². The van der Waals surface area contributed by atoms with E-state index in [1.807, 2.05) is 36.4 Å². The third kappa shape index (κ3) is 1.75. The van der Waals surface area contributed by atoms with Crippen LogP contribution in [0.15, 0.2) is 42.0 Å². The van der Waals surface area contributed by atoms with Crippen molar-refractivity contribution in [1.82, 2.24) is 0 Å². The van der Waals surface area contributed by atoms with Gasteiger partial charge in [0.2, 0.25) is 0 Å². The first-order chi connectivity index (χ1) is 9.24. The summed E-state index contributed by atoms with van der Waals surface area (Å²) in [5, 5.41) is 12.3. The maximum atomic E-state index is 12.5. The quantitative estimate of drug-likeness (QED) is 0.873. The van der Waals surface area contributed by atoms with E-state index < -0.39 is 0 Å². The van der Waals surface area contributed by atoms with Gasteiger partial charge in [-0.2, -0.15) is 0 Å². The number of benzene rings is 2. The molecule has 0 aromatic heterocycles. The highest BCUT2D eigenvalue weighted by molar-refractivity contribution is 6.23. The van der Waals surface area contributed by atoms with E-state index in [9.17, 15) is 9.90 Å². The maximum absolute atomic E-state index is 12.5. The smallest absolute Gasteiger partial charge is 0.193 e. The van der Waals surface area contributed by atoms with E-state index in [0.717, 1.165) is 34.7 Å². The van der Waals surface area contributed by atoms with Gasteiger partial charge < -0.3 is 5.11 Å². The Morgan fingerprint density at radius 3 is 2.42 bits per heavy atom. The zero-order valence-electron chi connectivity index (χ0n) is 10.9. The van der Waals surface area contributed by atoms with Gasteiger partial charge in [-0.15, -0.1) is 0 Å². The molecule has 1 N–H and O–H groups in total. The second kappa shape index (κ2) is 4.54. The number of aliphatic hydroxyl groups is 1. The molecule has 0 fully saturated rings. The standard InChI is InChI=1S/C17H16O2/c1-2-3-8-14-16(18)12-9-4-6-11-7-5-10-13(15(11)12)17(14)19/h4-7,9-10,18H,2-3,8H2,1H3. The number of unbranched alkanes of at least 4 members (excludes halogenated alkanes) is 1. The number of ketones is 1. The SMILES string of the molecule is CCCCC1=C(O)c2cccc3cccc(c23)C1=O. The van der Waals surface area contributed by atoms with Gasteiger partial charge in [0.1, 0.15) is 5.76 Å². The van der Waals surface area contributed by atoms with E-state index in [0.29, 0.717) is 12.0 Å². The summed E-state index contributed by atoms with van der Waals surface area (Å²) in [6.07, 6.45) is 2.57. The Balaban J connectivity index is 2.27. The molecule has 0 saturated heterocycles. The fourth-order valence-electron chi connectivity index (χ4n) is 2.75. The molecule has 1 aliphatic rings. The Morgan fingerprint density at radius 2 is 1.74 bits per heavy atom. The van der Waals surface area contributed by atoms with Crippen LogP contribution in [0.3, 0.4) is 0 Å². The van der Waals surface area contributed by atoms with Crippen LogP contribution in [0.2, 0.25) is 0 Å². The van der Waals surface area contributed by atoms with Crippen molar-refractivity contribution < 1.29 is 9.90 Å². The summed E-state index contributed by atoms with van der Waals surface area (Å²) >= 11 is 0. The summed E-state index contributed by atoms with van der Waals surface area (Å²) in [5.41, 5.74) is 2.07. The largest absolute Gasteiger partial charge is 0.507 e. The lowest BCUT2D eigenvalue weighted by Gasteiger charge is -2.19. The average Bonchev–Trinajstić information content (AvgIpc) is 2.44.